The minimum atomic E-state index is 0.0339. The molecule has 2 aromatic rings. The van der Waals surface area contributed by atoms with Gasteiger partial charge in [-0.15, -0.1) is 0 Å². The summed E-state index contributed by atoms with van der Waals surface area (Å²) < 4.78 is 3.99. The smallest absolute Gasteiger partial charge is 0.0641 e. The van der Waals surface area contributed by atoms with Crippen molar-refractivity contribution in [1.82, 2.24) is 24.9 Å². The van der Waals surface area contributed by atoms with E-state index < -0.39 is 0 Å². The first-order chi connectivity index (χ1) is 9.38. The van der Waals surface area contributed by atoms with E-state index in [2.05, 4.69) is 56.3 Å². The van der Waals surface area contributed by atoms with E-state index in [1.54, 1.807) is 0 Å². The minimum absolute atomic E-state index is 0.0339. The van der Waals surface area contributed by atoms with E-state index in [9.17, 15) is 0 Å². The molecule has 1 N–H and O–H groups in total. The largest absolute Gasteiger partial charge is 0.308 e. The maximum Gasteiger partial charge on any atom is 0.0641 e. The summed E-state index contributed by atoms with van der Waals surface area (Å²) in [5.41, 5.74) is 1.24. The summed E-state index contributed by atoms with van der Waals surface area (Å²) in [6.07, 6.45) is 7.86. The van der Waals surface area contributed by atoms with Crippen LogP contribution in [0.3, 0.4) is 0 Å². The molecule has 0 aliphatic carbocycles. The van der Waals surface area contributed by atoms with Gasteiger partial charge in [0.05, 0.1) is 17.8 Å². The third-order valence-corrected chi connectivity index (χ3v) is 3.62. The van der Waals surface area contributed by atoms with Crippen LogP contribution in [0.25, 0.3) is 0 Å². The van der Waals surface area contributed by atoms with Gasteiger partial charge in [0.25, 0.3) is 0 Å². The molecule has 0 radical (unpaired) electrons. The van der Waals surface area contributed by atoms with Crippen molar-refractivity contribution in [2.24, 2.45) is 0 Å². The molecule has 20 heavy (non-hydrogen) atoms. The SMILES string of the molecule is C[C@H](NCc1cnn(C(C)(C)C)c1)[C@@H](C)n1cccn1. The molecule has 0 fully saturated rings. The molecular weight excluding hydrogens is 250 g/mol. The van der Waals surface area contributed by atoms with Crippen LogP contribution in [0.1, 0.15) is 46.2 Å². The lowest BCUT2D eigenvalue weighted by atomic mass is 10.1. The number of rotatable bonds is 5. The van der Waals surface area contributed by atoms with Crippen molar-refractivity contribution >= 4 is 0 Å². The molecule has 0 saturated heterocycles. The van der Waals surface area contributed by atoms with E-state index in [4.69, 9.17) is 0 Å². The van der Waals surface area contributed by atoms with Gasteiger partial charge in [-0.3, -0.25) is 9.36 Å². The summed E-state index contributed by atoms with van der Waals surface area (Å²) in [5.74, 6) is 0. The molecule has 5 nitrogen and oxygen atoms in total. The lowest BCUT2D eigenvalue weighted by Crippen LogP contribution is -2.33. The second-order valence-electron chi connectivity index (χ2n) is 6.36. The van der Waals surface area contributed by atoms with Crippen molar-refractivity contribution < 1.29 is 0 Å². The molecule has 0 aromatic carbocycles. The number of hydrogen-bond acceptors (Lipinski definition) is 3. The van der Waals surface area contributed by atoms with Crippen molar-refractivity contribution in [3.63, 3.8) is 0 Å². The van der Waals surface area contributed by atoms with E-state index in [1.807, 2.05) is 34.0 Å². The first-order valence-corrected chi connectivity index (χ1v) is 7.14. The molecule has 0 amide bonds. The van der Waals surface area contributed by atoms with Crippen molar-refractivity contribution in [2.45, 2.75) is 58.8 Å². The van der Waals surface area contributed by atoms with E-state index in [0.29, 0.717) is 12.1 Å². The summed E-state index contributed by atoms with van der Waals surface area (Å²) in [7, 11) is 0. The zero-order valence-electron chi connectivity index (χ0n) is 13.0. The topological polar surface area (TPSA) is 47.7 Å². The van der Waals surface area contributed by atoms with Crippen molar-refractivity contribution in [3.05, 3.63) is 36.4 Å². The predicted octanol–water partition coefficient (Wildman–Crippen LogP) is 2.57. The van der Waals surface area contributed by atoms with Gasteiger partial charge in [0.2, 0.25) is 0 Å². The zero-order valence-corrected chi connectivity index (χ0v) is 13.0. The fourth-order valence-electron chi connectivity index (χ4n) is 2.02. The average molecular weight is 275 g/mol. The molecule has 0 bridgehead atoms. The van der Waals surface area contributed by atoms with Crippen molar-refractivity contribution in [2.75, 3.05) is 0 Å². The fraction of sp³-hybridized carbons (Fsp3) is 0.600. The number of hydrogen-bond donors (Lipinski definition) is 1. The summed E-state index contributed by atoms with van der Waals surface area (Å²) in [5, 5.41) is 12.2. The van der Waals surface area contributed by atoms with Crippen LogP contribution in [0, 0.1) is 0 Å². The van der Waals surface area contributed by atoms with E-state index in [-0.39, 0.29) is 5.54 Å². The van der Waals surface area contributed by atoms with Gasteiger partial charge in [-0.2, -0.15) is 10.2 Å². The van der Waals surface area contributed by atoms with Crippen LogP contribution in [-0.4, -0.2) is 25.6 Å². The molecule has 2 atom stereocenters. The predicted molar refractivity (Wildman–Crippen MR) is 80.5 cm³/mol. The summed E-state index contributed by atoms with van der Waals surface area (Å²) in [6.45, 7) is 11.6. The maximum absolute atomic E-state index is 4.42. The highest BCUT2D eigenvalue weighted by Gasteiger charge is 2.16. The Hall–Kier alpha value is -1.62. The molecule has 110 valence electrons. The second kappa shape index (κ2) is 5.79. The van der Waals surface area contributed by atoms with Gasteiger partial charge in [0.15, 0.2) is 0 Å². The molecule has 0 unspecified atom stereocenters. The molecule has 2 heterocycles. The van der Waals surface area contributed by atoms with Gasteiger partial charge in [0.1, 0.15) is 0 Å². The molecule has 0 aliphatic heterocycles. The number of nitrogens with one attached hydrogen (secondary N) is 1. The first-order valence-electron chi connectivity index (χ1n) is 7.14. The highest BCUT2D eigenvalue weighted by Crippen LogP contribution is 2.14. The quantitative estimate of drug-likeness (QED) is 0.912. The van der Waals surface area contributed by atoms with Crippen LogP contribution < -0.4 is 5.32 Å². The third kappa shape index (κ3) is 3.48. The van der Waals surface area contributed by atoms with Gasteiger partial charge in [-0.25, -0.2) is 0 Å². The highest BCUT2D eigenvalue weighted by molar-refractivity contribution is 5.05. The summed E-state index contributed by atoms with van der Waals surface area (Å²) in [6, 6.07) is 2.62. The Morgan fingerprint density at radius 2 is 2.00 bits per heavy atom. The monoisotopic (exact) mass is 275 g/mol. The van der Waals surface area contributed by atoms with Crippen LogP contribution >= 0.6 is 0 Å². The Labute approximate surface area is 121 Å². The molecule has 0 aliphatic rings. The van der Waals surface area contributed by atoms with Gasteiger partial charge in [-0.1, -0.05) is 0 Å². The third-order valence-electron chi connectivity index (χ3n) is 3.62. The lowest BCUT2D eigenvalue weighted by Gasteiger charge is -2.21. The van der Waals surface area contributed by atoms with Crippen LogP contribution in [-0.2, 0) is 12.1 Å². The highest BCUT2D eigenvalue weighted by atomic mass is 15.3. The first kappa shape index (κ1) is 14.8. The molecular formula is C15H25N5. The number of nitrogens with zero attached hydrogens (tertiary/aromatic N) is 4. The Bertz CT molecular complexity index is 521. The van der Waals surface area contributed by atoms with Crippen LogP contribution in [0.15, 0.2) is 30.9 Å². The second-order valence-corrected chi connectivity index (χ2v) is 6.36. The Balaban J connectivity index is 1.90. The standard InChI is InChI=1S/C15H25N5/c1-12(13(2)19-8-6-7-17-19)16-9-14-10-18-20(11-14)15(3,4)5/h6-8,10-13,16H,9H2,1-5H3/t12-,13+/m0/s1. The summed E-state index contributed by atoms with van der Waals surface area (Å²) in [4.78, 5) is 0. The molecule has 2 aromatic heterocycles. The van der Waals surface area contributed by atoms with Crippen molar-refractivity contribution in [3.8, 4) is 0 Å². The minimum Gasteiger partial charge on any atom is -0.308 e. The fourth-order valence-corrected chi connectivity index (χ4v) is 2.02. The van der Waals surface area contributed by atoms with Gasteiger partial charge in [0, 0.05) is 36.7 Å². The molecule has 0 spiro atoms. The Morgan fingerprint density at radius 1 is 1.25 bits per heavy atom. The molecule has 0 saturated carbocycles. The van der Waals surface area contributed by atoms with Crippen LogP contribution in [0.2, 0.25) is 0 Å². The van der Waals surface area contributed by atoms with Crippen molar-refractivity contribution in [1.29, 1.82) is 0 Å². The van der Waals surface area contributed by atoms with Gasteiger partial charge < -0.3 is 5.32 Å². The van der Waals surface area contributed by atoms with E-state index >= 15 is 0 Å². The molecule has 5 heteroatoms. The van der Waals surface area contributed by atoms with Crippen LogP contribution in [0.4, 0.5) is 0 Å². The average Bonchev–Trinajstić information content (AvgIpc) is 3.04. The maximum atomic E-state index is 4.42. The van der Waals surface area contributed by atoms with Crippen LogP contribution in [0.5, 0.6) is 0 Å². The normalized spacial score (nSPS) is 15.2. The Kier molecular flexibility index (Phi) is 4.28. The van der Waals surface area contributed by atoms with E-state index in [1.165, 1.54) is 5.56 Å². The van der Waals surface area contributed by atoms with Gasteiger partial charge >= 0.3 is 0 Å². The lowest BCUT2D eigenvalue weighted by molar-refractivity contribution is 0.353. The Morgan fingerprint density at radius 3 is 2.55 bits per heavy atom. The van der Waals surface area contributed by atoms with E-state index in [0.717, 1.165) is 6.54 Å². The van der Waals surface area contributed by atoms with Gasteiger partial charge in [-0.05, 0) is 40.7 Å². The number of aromatic nitrogens is 4. The zero-order chi connectivity index (χ0) is 14.8. The molecule has 2 rings (SSSR count). The summed E-state index contributed by atoms with van der Waals surface area (Å²) >= 11 is 0.